The molecule has 5 nitrogen and oxygen atoms in total. The molecule has 0 aliphatic heterocycles. The van der Waals surface area contributed by atoms with Crippen molar-refractivity contribution in [3.05, 3.63) is 17.5 Å². The Hall–Kier alpha value is -1.47. The van der Waals surface area contributed by atoms with Gasteiger partial charge in [0.1, 0.15) is 0 Å². The number of aryl methyl sites for hydroxylation is 1. The van der Waals surface area contributed by atoms with Crippen LogP contribution in [0.2, 0.25) is 0 Å². The van der Waals surface area contributed by atoms with Gasteiger partial charge in [0.25, 0.3) is 0 Å². The molecule has 3 rings (SSSR count). The van der Waals surface area contributed by atoms with E-state index in [0.29, 0.717) is 0 Å². The molecule has 0 saturated heterocycles. The first-order valence-electron chi connectivity index (χ1n) is 5.95. The molecular weight excluding hydrogens is 278 g/mol. The van der Waals surface area contributed by atoms with Gasteiger partial charge in [-0.05, 0) is 18.6 Å². The predicted octanol–water partition coefficient (Wildman–Crippen LogP) is 3.10. The summed E-state index contributed by atoms with van der Waals surface area (Å²) in [6.45, 7) is 8.37. The van der Waals surface area contributed by atoms with Crippen molar-refractivity contribution in [1.29, 1.82) is 0 Å². The molecule has 0 bridgehead atoms. The number of nitrogens with two attached hydrogens (primary N) is 1. The highest BCUT2D eigenvalue weighted by Crippen LogP contribution is 2.36. The molecule has 100 valence electrons. The summed E-state index contributed by atoms with van der Waals surface area (Å²) in [7, 11) is 0. The summed E-state index contributed by atoms with van der Waals surface area (Å²) in [5, 5.41) is 14.9. The van der Waals surface area contributed by atoms with Gasteiger partial charge in [0.05, 0.1) is 9.88 Å². The van der Waals surface area contributed by atoms with E-state index in [2.05, 4.69) is 43.0 Å². The molecule has 19 heavy (non-hydrogen) atoms. The Morgan fingerprint density at radius 2 is 1.95 bits per heavy atom. The van der Waals surface area contributed by atoms with Gasteiger partial charge in [-0.25, -0.2) is 0 Å². The Balaban J connectivity index is 2.18. The molecule has 7 heteroatoms. The largest absolute Gasteiger partial charge is 0.391 e. The van der Waals surface area contributed by atoms with Gasteiger partial charge in [-0.1, -0.05) is 32.1 Å². The highest BCUT2D eigenvalue weighted by Gasteiger charge is 2.24. The molecule has 2 N–H and O–H groups in total. The van der Waals surface area contributed by atoms with Gasteiger partial charge < -0.3 is 5.73 Å². The van der Waals surface area contributed by atoms with E-state index >= 15 is 0 Å². The third-order valence-electron chi connectivity index (χ3n) is 2.79. The Bertz CT molecular complexity index is 744. The lowest BCUT2D eigenvalue weighted by Gasteiger charge is -2.13. The first-order chi connectivity index (χ1) is 8.86. The van der Waals surface area contributed by atoms with Crippen LogP contribution in [-0.4, -0.2) is 19.8 Å². The number of fused-ring (bicyclic) bond motifs is 1. The first kappa shape index (κ1) is 12.6. The van der Waals surface area contributed by atoms with Crippen LogP contribution >= 0.6 is 22.7 Å². The number of thiophene rings is 1. The fourth-order valence-electron chi connectivity index (χ4n) is 1.90. The van der Waals surface area contributed by atoms with Crippen molar-refractivity contribution < 1.29 is 0 Å². The quantitative estimate of drug-likeness (QED) is 0.748. The Morgan fingerprint density at radius 1 is 1.21 bits per heavy atom. The minimum Gasteiger partial charge on any atom is -0.391 e. The van der Waals surface area contributed by atoms with Gasteiger partial charge in [0.2, 0.25) is 4.96 Å². The van der Waals surface area contributed by atoms with Gasteiger partial charge in [-0.3, -0.25) is 0 Å². The summed E-state index contributed by atoms with van der Waals surface area (Å²) in [6, 6.07) is 1.98. The van der Waals surface area contributed by atoms with E-state index in [4.69, 9.17) is 5.73 Å². The predicted molar refractivity (Wildman–Crippen MR) is 79.8 cm³/mol. The van der Waals surface area contributed by atoms with E-state index < -0.39 is 0 Å². The lowest BCUT2D eigenvalue weighted by molar-refractivity contribution is 0.528. The smallest absolute Gasteiger partial charge is 0.235 e. The number of hydrogen-bond acceptors (Lipinski definition) is 6. The highest BCUT2D eigenvalue weighted by molar-refractivity contribution is 7.25. The van der Waals surface area contributed by atoms with Gasteiger partial charge in [-0.15, -0.1) is 21.5 Å². The Labute approximate surface area is 119 Å². The molecule has 0 amide bonds. The van der Waals surface area contributed by atoms with Crippen molar-refractivity contribution >= 4 is 32.6 Å². The molecule has 0 unspecified atom stereocenters. The summed E-state index contributed by atoms with van der Waals surface area (Å²) >= 11 is 3.11. The number of aromatic nitrogens is 4. The van der Waals surface area contributed by atoms with Crippen molar-refractivity contribution in [3.8, 4) is 9.88 Å². The average Bonchev–Trinajstić information content (AvgIpc) is 2.88. The van der Waals surface area contributed by atoms with Crippen LogP contribution in [0.5, 0.6) is 0 Å². The molecule has 0 aliphatic carbocycles. The molecule has 3 aromatic heterocycles. The third-order valence-corrected chi connectivity index (χ3v) is 4.91. The number of rotatable bonds is 1. The summed E-state index contributed by atoms with van der Waals surface area (Å²) in [4.78, 5) is 1.94. The summed E-state index contributed by atoms with van der Waals surface area (Å²) < 4.78 is 1.84. The molecule has 0 aliphatic rings. The Kier molecular flexibility index (Phi) is 2.65. The van der Waals surface area contributed by atoms with E-state index in [-0.39, 0.29) is 5.41 Å². The molecule has 3 aromatic rings. The van der Waals surface area contributed by atoms with Crippen molar-refractivity contribution in [3.63, 3.8) is 0 Å². The molecule has 0 atom stereocenters. The molecule has 0 aromatic carbocycles. The SMILES string of the molecule is Cc1cc(N)sc1-c1nn2c(C(C)(C)C)nnc2s1. The summed E-state index contributed by atoms with van der Waals surface area (Å²) in [5.41, 5.74) is 6.93. The van der Waals surface area contributed by atoms with E-state index in [0.717, 1.165) is 31.2 Å². The second kappa shape index (κ2) is 4.01. The van der Waals surface area contributed by atoms with Crippen molar-refractivity contribution in [1.82, 2.24) is 19.8 Å². The molecular formula is C12H15N5S2. The van der Waals surface area contributed by atoms with Crippen molar-refractivity contribution in [2.45, 2.75) is 33.1 Å². The third kappa shape index (κ3) is 2.02. The molecule has 3 heterocycles. The highest BCUT2D eigenvalue weighted by atomic mass is 32.1. The standard InChI is InChI=1S/C12H15N5S2/c1-6-5-7(13)18-8(6)9-16-17-10(12(2,3)4)14-15-11(17)19-9/h5H,13H2,1-4H3. The van der Waals surface area contributed by atoms with Gasteiger partial charge in [0.15, 0.2) is 10.8 Å². The van der Waals surface area contributed by atoms with Crippen molar-refractivity contribution in [2.24, 2.45) is 0 Å². The molecule has 0 fully saturated rings. The maximum atomic E-state index is 5.85. The maximum absolute atomic E-state index is 5.85. The minimum atomic E-state index is -0.0751. The fourth-order valence-corrected chi connectivity index (χ4v) is 3.81. The lowest BCUT2D eigenvalue weighted by atomic mass is 9.96. The van der Waals surface area contributed by atoms with Gasteiger partial charge in [0, 0.05) is 5.41 Å². The maximum Gasteiger partial charge on any atom is 0.235 e. The van der Waals surface area contributed by atoms with Crippen LogP contribution in [0.1, 0.15) is 32.2 Å². The van der Waals surface area contributed by atoms with Gasteiger partial charge >= 0.3 is 0 Å². The second-order valence-corrected chi connectivity index (χ2v) is 7.58. The zero-order valence-corrected chi connectivity index (χ0v) is 12.9. The van der Waals surface area contributed by atoms with Crippen LogP contribution in [0, 0.1) is 6.92 Å². The van der Waals surface area contributed by atoms with Crippen LogP contribution in [0.15, 0.2) is 6.07 Å². The zero-order chi connectivity index (χ0) is 13.8. The van der Waals surface area contributed by atoms with Crippen LogP contribution in [0.3, 0.4) is 0 Å². The minimum absolute atomic E-state index is 0.0751. The Morgan fingerprint density at radius 3 is 2.53 bits per heavy atom. The summed E-state index contributed by atoms with van der Waals surface area (Å²) in [5.74, 6) is 0.882. The molecule has 0 radical (unpaired) electrons. The lowest BCUT2D eigenvalue weighted by Crippen LogP contribution is -2.16. The van der Waals surface area contributed by atoms with Crippen LogP contribution in [0.25, 0.3) is 14.8 Å². The van der Waals surface area contributed by atoms with E-state index in [1.807, 2.05) is 10.6 Å². The van der Waals surface area contributed by atoms with E-state index in [1.165, 1.54) is 0 Å². The molecule has 0 saturated carbocycles. The average molecular weight is 293 g/mol. The first-order valence-corrected chi connectivity index (χ1v) is 7.58. The van der Waals surface area contributed by atoms with Crippen LogP contribution < -0.4 is 5.73 Å². The molecule has 0 spiro atoms. The topological polar surface area (TPSA) is 69.1 Å². The number of nitrogens with zero attached hydrogens (tertiary/aromatic N) is 4. The van der Waals surface area contributed by atoms with E-state index in [9.17, 15) is 0 Å². The number of nitrogen functional groups attached to an aromatic ring is 1. The van der Waals surface area contributed by atoms with E-state index in [1.54, 1.807) is 22.7 Å². The zero-order valence-electron chi connectivity index (χ0n) is 11.3. The van der Waals surface area contributed by atoms with Crippen LogP contribution in [0.4, 0.5) is 5.00 Å². The number of anilines is 1. The monoisotopic (exact) mass is 293 g/mol. The van der Waals surface area contributed by atoms with Crippen LogP contribution in [-0.2, 0) is 5.41 Å². The second-order valence-electron chi connectivity index (χ2n) is 5.54. The normalized spacial score (nSPS) is 12.4. The van der Waals surface area contributed by atoms with Crippen molar-refractivity contribution in [2.75, 3.05) is 5.73 Å². The van der Waals surface area contributed by atoms with Gasteiger partial charge in [-0.2, -0.15) is 9.61 Å². The summed E-state index contributed by atoms with van der Waals surface area (Å²) in [6.07, 6.45) is 0. The fraction of sp³-hybridized carbons (Fsp3) is 0.417. The number of hydrogen-bond donors (Lipinski definition) is 1.